The largest absolute Gasteiger partial charge is 0.306 e. The average Bonchev–Trinajstić information content (AvgIpc) is 3.97. The molecule has 0 bridgehead atoms. The lowest BCUT2D eigenvalue weighted by Crippen LogP contribution is -2.00. The molecule has 266 valence electrons. The lowest BCUT2D eigenvalue weighted by molar-refractivity contribution is 1.08. The Labute approximate surface area is 335 Å². The maximum atomic E-state index is 5.23. The van der Waals surface area contributed by atoms with Crippen LogP contribution >= 0.6 is 22.7 Å². The SMILES string of the molecule is c1ccc(-c2nc(-c3ccccc3)nc(-c3ccc(-c4ccccc4)c4sc5c(-n6c7ccccc7c7ccc8c9ccccc9sc8c76)cccc5c34)n2)cc1. The van der Waals surface area contributed by atoms with Gasteiger partial charge < -0.3 is 4.57 Å². The van der Waals surface area contributed by atoms with Crippen LogP contribution in [0.5, 0.6) is 0 Å². The van der Waals surface area contributed by atoms with Crippen LogP contribution in [0.2, 0.25) is 0 Å². The van der Waals surface area contributed by atoms with Crippen molar-refractivity contribution in [2.45, 2.75) is 0 Å². The first-order valence-electron chi connectivity index (χ1n) is 19.0. The standard InChI is InChI=1S/C51H30N4S2/c1-4-15-31(16-5-1)34-27-30-40(51-53-49(32-17-6-2-7-18-32)52-50(54-51)33-19-8-3-9-20-33)44-39-23-14-25-42(46(39)57-47(34)44)55-41-24-12-10-21-35(41)37-28-29-38-36-22-11-13-26-43(36)56-48(38)45(37)55/h1-30H. The van der Waals surface area contributed by atoms with E-state index >= 15 is 0 Å². The summed E-state index contributed by atoms with van der Waals surface area (Å²) in [7, 11) is 0. The Bertz CT molecular complexity index is 3450. The third-order valence-corrected chi connectivity index (χ3v) is 13.5. The van der Waals surface area contributed by atoms with E-state index in [1.54, 1.807) is 0 Å². The number of aromatic nitrogens is 4. The van der Waals surface area contributed by atoms with E-state index in [0.29, 0.717) is 17.5 Å². The summed E-state index contributed by atoms with van der Waals surface area (Å²) in [6, 6.07) is 64.6. The number of benzene rings is 8. The molecule has 0 amide bonds. The van der Waals surface area contributed by atoms with Crippen LogP contribution in [0, 0.1) is 0 Å². The second kappa shape index (κ2) is 12.8. The molecule has 4 nitrogen and oxygen atoms in total. The van der Waals surface area contributed by atoms with E-state index < -0.39 is 0 Å². The van der Waals surface area contributed by atoms with Crippen LogP contribution in [-0.4, -0.2) is 19.5 Å². The minimum absolute atomic E-state index is 0.651. The molecule has 0 fully saturated rings. The van der Waals surface area contributed by atoms with Crippen LogP contribution in [-0.2, 0) is 0 Å². The highest BCUT2D eigenvalue weighted by molar-refractivity contribution is 7.27. The average molecular weight is 763 g/mol. The Balaban J connectivity index is 1.20. The maximum Gasteiger partial charge on any atom is 0.164 e. The first-order valence-corrected chi connectivity index (χ1v) is 20.7. The zero-order valence-electron chi connectivity index (χ0n) is 30.4. The van der Waals surface area contributed by atoms with Crippen molar-refractivity contribution < 1.29 is 0 Å². The van der Waals surface area contributed by atoms with Crippen LogP contribution in [0.4, 0.5) is 0 Å². The lowest BCUT2D eigenvalue weighted by atomic mass is 9.98. The third-order valence-electron chi connectivity index (χ3n) is 11.1. The Kier molecular flexibility index (Phi) is 7.24. The van der Waals surface area contributed by atoms with Crippen LogP contribution < -0.4 is 0 Å². The molecule has 12 rings (SSSR count). The van der Waals surface area contributed by atoms with Crippen molar-refractivity contribution in [1.82, 2.24) is 19.5 Å². The fourth-order valence-corrected chi connectivity index (χ4v) is 11.1. The predicted molar refractivity (Wildman–Crippen MR) is 242 cm³/mol. The monoisotopic (exact) mass is 762 g/mol. The second-order valence-corrected chi connectivity index (χ2v) is 16.4. The van der Waals surface area contributed by atoms with Gasteiger partial charge in [-0.05, 0) is 35.4 Å². The molecule has 0 atom stereocenters. The summed E-state index contributed by atoms with van der Waals surface area (Å²) in [4.78, 5) is 15.5. The van der Waals surface area contributed by atoms with Gasteiger partial charge >= 0.3 is 0 Å². The Morgan fingerprint density at radius 1 is 0.351 bits per heavy atom. The molecule has 0 aliphatic heterocycles. The molecule has 4 aromatic heterocycles. The van der Waals surface area contributed by atoms with Crippen molar-refractivity contribution >= 4 is 84.8 Å². The second-order valence-electron chi connectivity index (χ2n) is 14.3. The number of fused-ring (bicyclic) bond motifs is 10. The summed E-state index contributed by atoms with van der Waals surface area (Å²) < 4.78 is 7.55. The maximum absolute atomic E-state index is 5.23. The number of para-hydroxylation sites is 1. The van der Waals surface area contributed by atoms with Gasteiger partial charge in [-0.25, -0.2) is 15.0 Å². The van der Waals surface area contributed by atoms with Gasteiger partial charge in [-0.3, -0.25) is 0 Å². The Hall–Kier alpha value is -6.99. The van der Waals surface area contributed by atoms with Crippen molar-refractivity contribution in [3.05, 3.63) is 182 Å². The van der Waals surface area contributed by atoms with Crippen molar-refractivity contribution in [2.75, 3.05) is 0 Å². The molecule has 8 aromatic carbocycles. The molecule has 0 saturated carbocycles. The molecule has 57 heavy (non-hydrogen) atoms. The van der Waals surface area contributed by atoms with Crippen LogP contribution in [0.25, 0.3) is 113 Å². The summed E-state index contributed by atoms with van der Waals surface area (Å²) in [5.74, 6) is 1.96. The van der Waals surface area contributed by atoms with Gasteiger partial charge in [0.2, 0.25) is 0 Å². The van der Waals surface area contributed by atoms with Crippen molar-refractivity contribution in [2.24, 2.45) is 0 Å². The molecule has 12 aromatic rings. The van der Waals surface area contributed by atoms with E-state index in [2.05, 4.69) is 150 Å². The van der Waals surface area contributed by atoms with Crippen molar-refractivity contribution in [3.63, 3.8) is 0 Å². The fourth-order valence-electron chi connectivity index (χ4n) is 8.50. The Morgan fingerprint density at radius 2 is 0.930 bits per heavy atom. The van der Waals surface area contributed by atoms with Gasteiger partial charge in [-0.1, -0.05) is 158 Å². The van der Waals surface area contributed by atoms with E-state index in [-0.39, 0.29) is 0 Å². The summed E-state index contributed by atoms with van der Waals surface area (Å²) in [6.07, 6.45) is 0. The molecule has 0 spiro atoms. The number of thiophene rings is 2. The zero-order chi connectivity index (χ0) is 37.5. The smallest absolute Gasteiger partial charge is 0.164 e. The molecule has 0 unspecified atom stereocenters. The first kappa shape index (κ1) is 32.3. The summed E-state index contributed by atoms with van der Waals surface area (Å²) in [6.45, 7) is 0. The fraction of sp³-hybridized carbons (Fsp3) is 0. The molecule has 6 heteroatoms. The highest BCUT2D eigenvalue weighted by Gasteiger charge is 2.23. The molecule has 0 aliphatic carbocycles. The number of rotatable bonds is 5. The van der Waals surface area contributed by atoms with E-state index in [1.807, 2.05) is 59.1 Å². The molecule has 0 saturated heterocycles. The van der Waals surface area contributed by atoms with Gasteiger partial charge in [0.1, 0.15) is 0 Å². The number of nitrogens with zero attached hydrogens (tertiary/aromatic N) is 4. The molecule has 0 N–H and O–H groups in total. The van der Waals surface area contributed by atoms with Gasteiger partial charge in [-0.2, -0.15) is 0 Å². The third kappa shape index (κ3) is 5.01. The molecule has 4 heterocycles. The van der Waals surface area contributed by atoms with E-state index in [4.69, 9.17) is 15.0 Å². The summed E-state index contributed by atoms with van der Waals surface area (Å²) >= 11 is 3.74. The van der Waals surface area contributed by atoms with Crippen LogP contribution in [0.3, 0.4) is 0 Å². The van der Waals surface area contributed by atoms with Gasteiger partial charge in [-0.15, -0.1) is 22.7 Å². The van der Waals surface area contributed by atoms with E-state index in [1.165, 1.54) is 73.6 Å². The highest BCUT2D eigenvalue weighted by Crippen LogP contribution is 2.49. The molecular weight excluding hydrogens is 733 g/mol. The summed E-state index contributed by atoms with van der Waals surface area (Å²) in [5.41, 5.74) is 8.87. The van der Waals surface area contributed by atoms with E-state index in [0.717, 1.165) is 22.1 Å². The van der Waals surface area contributed by atoms with Gasteiger partial charge in [0.25, 0.3) is 0 Å². The topological polar surface area (TPSA) is 43.6 Å². The first-order chi connectivity index (χ1) is 28.3. The van der Waals surface area contributed by atoms with Gasteiger partial charge in [0.15, 0.2) is 17.5 Å². The van der Waals surface area contributed by atoms with Gasteiger partial charge in [0.05, 0.1) is 26.1 Å². The molecule has 0 aliphatic rings. The van der Waals surface area contributed by atoms with Crippen molar-refractivity contribution in [3.8, 4) is 51.0 Å². The predicted octanol–water partition coefficient (Wildman–Crippen LogP) is 14.4. The highest BCUT2D eigenvalue weighted by atomic mass is 32.1. The van der Waals surface area contributed by atoms with Crippen molar-refractivity contribution in [1.29, 1.82) is 0 Å². The van der Waals surface area contributed by atoms with Gasteiger partial charge in [0, 0.05) is 58.4 Å². The Morgan fingerprint density at radius 3 is 1.67 bits per heavy atom. The number of hydrogen-bond donors (Lipinski definition) is 0. The van der Waals surface area contributed by atoms with Crippen LogP contribution in [0.1, 0.15) is 0 Å². The van der Waals surface area contributed by atoms with Crippen LogP contribution in [0.15, 0.2) is 182 Å². The molecule has 0 radical (unpaired) electrons. The minimum Gasteiger partial charge on any atom is -0.306 e. The lowest BCUT2D eigenvalue weighted by Gasteiger charge is -2.12. The zero-order valence-corrected chi connectivity index (χ0v) is 32.1. The number of hydrogen-bond acceptors (Lipinski definition) is 5. The summed E-state index contributed by atoms with van der Waals surface area (Å²) in [5, 5.41) is 7.44. The normalized spacial score (nSPS) is 11.9. The quantitative estimate of drug-likeness (QED) is 0.175. The molecular formula is C51H30N4S2. The van der Waals surface area contributed by atoms with E-state index in [9.17, 15) is 0 Å². The minimum atomic E-state index is 0.651.